The van der Waals surface area contributed by atoms with Gasteiger partial charge in [-0.25, -0.2) is 4.99 Å². The Hall–Kier alpha value is -2.79. The van der Waals surface area contributed by atoms with Gasteiger partial charge in [0.2, 0.25) is 0 Å². The highest BCUT2D eigenvalue weighted by molar-refractivity contribution is 5.99. The van der Waals surface area contributed by atoms with Crippen molar-refractivity contribution in [3.05, 3.63) is 72.1 Å². The zero-order chi connectivity index (χ0) is 20.8. The normalized spacial score (nSPS) is 16.4. The Morgan fingerprint density at radius 2 is 1.76 bits per heavy atom. The summed E-state index contributed by atoms with van der Waals surface area (Å²) in [7, 11) is 4.11. The maximum atomic E-state index is 4.68. The molecule has 0 bridgehead atoms. The lowest BCUT2D eigenvalue weighted by atomic mass is 10.1. The first-order chi connectivity index (χ1) is 14.0. The number of aliphatic imine (C=N–C) groups is 1. The number of piperazine rings is 1. The summed E-state index contributed by atoms with van der Waals surface area (Å²) in [5, 5.41) is 6.57. The van der Waals surface area contributed by atoms with E-state index in [0.29, 0.717) is 5.82 Å². The maximum absolute atomic E-state index is 4.68. The molecule has 0 saturated carbocycles. The van der Waals surface area contributed by atoms with E-state index in [1.807, 2.05) is 14.0 Å². The minimum atomic E-state index is 0.131. The number of nitrogens with one attached hydrogen (secondary N) is 2. The van der Waals surface area contributed by atoms with Crippen molar-refractivity contribution >= 4 is 17.1 Å². The molecule has 0 aliphatic carbocycles. The van der Waals surface area contributed by atoms with E-state index in [4.69, 9.17) is 0 Å². The molecule has 1 atom stereocenters. The highest BCUT2D eigenvalue weighted by atomic mass is 15.2. The third-order valence-corrected chi connectivity index (χ3v) is 5.51. The van der Waals surface area contributed by atoms with Crippen molar-refractivity contribution in [2.75, 3.05) is 50.5 Å². The van der Waals surface area contributed by atoms with Crippen molar-refractivity contribution in [3.63, 3.8) is 0 Å². The standard InChI is InChI=1S/C24H33N5/c1-18(21-9-11-24(12-10-21)29-15-13-28(5)14-16-29)26-20(3)27-19(2)22-7-6-8-23(17-22)25-4/h6-12,17,19,25,27H,3,13-16H2,1-2,4-5H3. The average Bonchev–Trinajstić information content (AvgIpc) is 2.74. The van der Waals surface area contributed by atoms with Gasteiger partial charge in [0.25, 0.3) is 0 Å². The van der Waals surface area contributed by atoms with E-state index in [9.17, 15) is 0 Å². The van der Waals surface area contributed by atoms with Crippen molar-refractivity contribution in [3.8, 4) is 0 Å². The van der Waals surface area contributed by atoms with Crippen LogP contribution in [0.5, 0.6) is 0 Å². The molecule has 5 nitrogen and oxygen atoms in total. The van der Waals surface area contributed by atoms with E-state index in [-0.39, 0.29) is 6.04 Å². The smallest absolute Gasteiger partial charge is 0.119 e. The number of nitrogens with zero attached hydrogens (tertiary/aromatic N) is 3. The number of hydrogen-bond donors (Lipinski definition) is 2. The number of rotatable bonds is 7. The molecule has 1 heterocycles. The molecule has 2 aromatic rings. The second-order valence-electron chi connectivity index (χ2n) is 7.72. The summed E-state index contributed by atoms with van der Waals surface area (Å²) in [4.78, 5) is 9.50. The fraction of sp³-hybridized carbons (Fsp3) is 0.375. The predicted octanol–water partition coefficient (Wildman–Crippen LogP) is 4.11. The molecule has 0 aromatic heterocycles. The minimum Gasteiger partial charge on any atom is -0.388 e. The van der Waals surface area contributed by atoms with Crippen molar-refractivity contribution in [1.82, 2.24) is 10.2 Å². The lowest BCUT2D eigenvalue weighted by Crippen LogP contribution is -2.44. The summed E-state index contributed by atoms with van der Waals surface area (Å²) in [6.45, 7) is 12.6. The third kappa shape index (κ3) is 5.61. The van der Waals surface area contributed by atoms with E-state index in [0.717, 1.165) is 43.1 Å². The first kappa shape index (κ1) is 20.9. The highest BCUT2D eigenvalue weighted by Gasteiger charge is 2.14. The molecule has 29 heavy (non-hydrogen) atoms. The summed E-state index contributed by atoms with van der Waals surface area (Å²) in [6, 6.07) is 17.2. The Bertz CT molecular complexity index is 848. The quantitative estimate of drug-likeness (QED) is 0.697. The molecule has 1 saturated heterocycles. The van der Waals surface area contributed by atoms with Gasteiger partial charge in [-0.1, -0.05) is 30.8 Å². The summed E-state index contributed by atoms with van der Waals surface area (Å²) in [6.07, 6.45) is 0. The zero-order valence-corrected chi connectivity index (χ0v) is 18.1. The largest absolute Gasteiger partial charge is 0.388 e. The lowest BCUT2D eigenvalue weighted by Gasteiger charge is -2.34. The van der Waals surface area contributed by atoms with Crippen molar-refractivity contribution in [2.45, 2.75) is 19.9 Å². The monoisotopic (exact) mass is 391 g/mol. The summed E-state index contributed by atoms with van der Waals surface area (Å²) in [5.41, 5.74) is 5.66. The van der Waals surface area contributed by atoms with Crippen LogP contribution in [-0.4, -0.2) is 50.9 Å². The van der Waals surface area contributed by atoms with Gasteiger partial charge in [-0.15, -0.1) is 0 Å². The Labute approximate surface area is 175 Å². The topological polar surface area (TPSA) is 42.9 Å². The second-order valence-corrected chi connectivity index (χ2v) is 7.72. The van der Waals surface area contributed by atoms with E-state index in [1.165, 1.54) is 11.3 Å². The highest BCUT2D eigenvalue weighted by Crippen LogP contribution is 2.20. The van der Waals surface area contributed by atoms with Crippen LogP contribution in [0.1, 0.15) is 31.0 Å². The van der Waals surface area contributed by atoms with E-state index < -0.39 is 0 Å². The van der Waals surface area contributed by atoms with Crippen LogP contribution in [0.2, 0.25) is 0 Å². The molecule has 0 radical (unpaired) electrons. The van der Waals surface area contributed by atoms with Crippen LogP contribution in [0.15, 0.2) is 65.9 Å². The maximum Gasteiger partial charge on any atom is 0.119 e. The van der Waals surface area contributed by atoms with Crippen molar-refractivity contribution in [2.24, 2.45) is 4.99 Å². The fourth-order valence-corrected chi connectivity index (χ4v) is 3.57. The van der Waals surface area contributed by atoms with E-state index in [1.54, 1.807) is 0 Å². The molecule has 5 heteroatoms. The van der Waals surface area contributed by atoms with Gasteiger partial charge < -0.3 is 20.4 Å². The third-order valence-electron chi connectivity index (χ3n) is 5.51. The molecule has 2 aromatic carbocycles. The van der Waals surface area contributed by atoms with Gasteiger partial charge in [0.05, 0.1) is 0 Å². The van der Waals surface area contributed by atoms with Gasteiger partial charge in [0, 0.05) is 56.4 Å². The predicted molar refractivity (Wildman–Crippen MR) is 125 cm³/mol. The number of likely N-dealkylation sites (N-methyl/N-ethyl adjacent to an activating group) is 1. The summed E-state index contributed by atoms with van der Waals surface area (Å²) in [5.74, 6) is 0.674. The molecule has 1 aliphatic rings. The van der Waals surface area contributed by atoms with Gasteiger partial charge in [-0.2, -0.15) is 0 Å². The molecular formula is C24H33N5. The lowest BCUT2D eigenvalue weighted by molar-refractivity contribution is 0.313. The van der Waals surface area contributed by atoms with Crippen LogP contribution in [0.25, 0.3) is 0 Å². The average molecular weight is 392 g/mol. The number of anilines is 2. The van der Waals surface area contributed by atoms with Crippen LogP contribution >= 0.6 is 0 Å². The molecule has 0 spiro atoms. The van der Waals surface area contributed by atoms with Gasteiger partial charge in [0.1, 0.15) is 5.82 Å². The first-order valence-corrected chi connectivity index (χ1v) is 10.3. The zero-order valence-electron chi connectivity index (χ0n) is 18.1. The molecule has 1 unspecified atom stereocenters. The van der Waals surface area contributed by atoms with Crippen molar-refractivity contribution in [1.29, 1.82) is 0 Å². The molecule has 1 aliphatic heterocycles. The summed E-state index contributed by atoms with van der Waals surface area (Å²) < 4.78 is 0. The van der Waals surface area contributed by atoms with E-state index in [2.05, 4.69) is 94.5 Å². The van der Waals surface area contributed by atoms with Gasteiger partial charge >= 0.3 is 0 Å². The molecule has 1 fully saturated rings. The number of benzene rings is 2. The minimum absolute atomic E-state index is 0.131. The Balaban J connectivity index is 1.61. The molecule has 154 valence electrons. The Morgan fingerprint density at radius 1 is 1.07 bits per heavy atom. The van der Waals surface area contributed by atoms with Crippen LogP contribution < -0.4 is 15.5 Å². The van der Waals surface area contributed by atoms with Crippen LogP contribution in [0, 0.1) is 0 Å². The van der Waals surface area contributed by atoms with Gasteiger partial charge in [-0.3, -0.25) is 0 Å². The molecular weight excluding hydrogens is 358 g/mol. The molecule has 0 amide bonds. The first-order valence-electron chi connectivity index (χ1n) is 10.3. The second kappa shape index (κ2) is 9.61. The Morgan fingerprint density at radius 3 is 2.41 bits per heavy atom. The molecule has 3 rings (SSSR count). The van der Waals surface area contributed by atoms with Crippen LogP contribution in [0.3, 0.4) is 0 Å². The summed E-state index contributed by atoms with van der Waals surface area (Å²) >= 11 is 0. The van der Waals surface area contributed by atoms with Crippen LogP contribution in [0.4, 0.5) is 11.4 Å². The fourth-order valence-electron chi connectivity index (χ4n) is 3.57. The van der Waals surface area contributed by atoms with E-state index >= 15 is 0 Å². The van der Waals surface area contributed by atoms with Gasteiger partial charge in [0.15, 0.2) is 0 Å². The Kier molecular flexibility index (Phi) is 6.94. The SMILES string of the molecule is C=C(N=C(C)c1ccc(N2CCN(C)CC2)cc1)NC(C)c1cccc(NC)c1. The molecule has 2 N–H and O–H groups in total. The van der Waals surface area contributed by atoms with Gasteiger partial charge in [-0.05, 0) is 56.3 Å². The van der Waals surface area contributed by atoms with Crippen molar-refractivity contribution < 1.29 is 0 Å². The number of hydrogen-bond acceptors (Lipinski definition) is 5. The van der Waals surface area contributed by atoms with Crippen LogP contribution in [-0.2, 0) is 0 Å².